The quantitative estimate of drug-likeness (QED) is 0.233. The van der Waals surface area contributed by atoms with Crippen molar-refractivity contribution in [3.63, 3.8) is 0 Å². The zero-order valence-corrected chi connectivity index (χ0v) is 24.2. The molecule has 2 atom stereocenters. The van der Waals surface area contributed by atoms with Crippen LogP contribution in [-0.2, 0) is 12.0 Å². The third-order valence-electron chi connectivity index (χ3n) is 6.44. The molecule has 41 heavy (non-hydrogen) atoms. The van der Waals surface area contributed by atoms with Crippen molar-refractivity contribution in [2.45, 2.75) is 45.0 Å². The maximum atomic E-state index is 13.0. The number of aliphatic hydroxyl groups excluding tert-OH is 1. The Kier molecular flexibility index (Phi) is 8.46. The summed E-state index contributed by atoms with van der Waals surface area (Å²) < 4.78 is 39.8. The average Bonchev–Trinajstić information content (AvgIpc) is 3.35. The van der Waals surface area contributed by atoms with E-state index in [0.29, 0.717) is 50.0 Å². The second kappa shape index (κ2) is 11.4. The molecule has 2 aromatic heterocycles. The molecule has 2 aromatic carbocycles. The molecule has 2 heterocycles. The van der Waals surface area contributed by atoms with Crippen molar-refractivity contribution in [2.75, 3.05) is 17.2 Å². The van der Waals surface area contributed by atoms with Crippen molar-refractivity contribution < 1.29 is 18.3 Å². The predicted molar refractivity (Wildman–Crippen MR) is 156 cm³/mol. The van der Waals surface area contributed by atoms with Crippen molar-refractivity contribution in [1.82, 2.24) is 20.0 Å². The van der Waals surface area contributed by atoms with E-state index in [9.17, 15) is 23.5 Å². The van der Waals surface area contributed by atoms with Gasteiger partial charge in [0.2, 0.25) is 0 Å². The Morgan fingerprint density at radius 3 is 2.49 bits per heavy atom. The first-order valence-electron chi connectivity index (χ1n) is 12.6. The Morgan fingerprint density at radius 1 is 1.15 bits per heavy atom. The molecule has 0 fully saturated rings. The van der Waals surface area contributed by atoms with Gasteiger partial charge < -0.3 is 15.7 Å². The minimum absolute atomic E-state index is 0.0872. The van der Waals surface area contributed by atoms with Gasteiger partial charge in [0.15, 0.2) is 6.10 Å². The summed E-state index contributed by atoms with van der Waals surface area (Å²) in [6.07, 6.45) is -4.64. The van der Waals surface area contributed by atoms with Gasteiger partial charge in [0.05, 0.1) is 40.0 Å². The molecule has 0 radical (unpaired) electrons. The lowest BCUT2D eigenvalue weighted by molar-refractivity contribution is -0.208. The van der Waals surface area contributed by atoms with E-state index in [1.807, 2.05) is 0 Å². The van der Waals surface area contributed by atoms with Gasteiger partial charge in [-0.2, -0.15) is 18.4 Å². The number of alkyl halides is 3. The van der Waals surface area contributed by atoms with E-state index >= 15 is 0 Å². The number of rotatable bonds is 8. The van der Waals surface area contributed by atoms with Crippen LogP contribution >= 0.6 is 23.2 Å². The number of nitrogens with one attached hydrogen (secondary N) is 2. The van der Waals surface area contributed by atoms with Gasteiger partial charge in [-0.1, -0.05) is 67.4 Å². The van der Waals surface area contributed by atoms with Crippen LogP contribution in [0.5, 0.6) is 0 Å². The van der Waals surface area contributed by atoms with E-state index in [-0.39, 0.29) is 11.1 Å². The van der Waals surface area contributed by atoms with Gasteiger partial charge in [-0.15, -0.1) is 5.10 Å². The molecular weight excluding hydrogens is 577 g/mol. The highest BCUT2D eigenvalue weighted by Crippen LogP contribution is 2.38. The minimum atomic E-state index is -4.81. The molecule has 0 spiro atoms. The SMILES string of the molecule is BC(Nc1cc(Cl)c2ncc(C#N)c(NCC(C)(C)C)c2c1)(c1cn(CC(O)C(F)(F)F)nn1)c1ccccc1Cl. The van der Waals surface area contributed by atoms with E-state index in [0.717, 1.165) is 4.68 Å². The Bertz CT molecular complexity index is 1620. The first kappa shape index (κ1) is 30.4. The lowest BCUT2D eigenvalue weighted by Crippen LogP contribution is -2.38. The molecule has 0 saturated carbocycles. The summed E-state index contributed by atoms with van der Waals surface area (Å²) in [6, 6.07) is 12.6. The van der Waals surface area contributed by atoms with E-state index < -0.39 is 24.3 Å². The van der Waals surface area contributed by atoms with Crippen LogP contribution in [0, 0.1) is 16.7 Å². The van der Waals surface area contributed by atoms with Gasteiger partial charge in [0, 0.05) is 28.8 Å². The molecule has 14 heteroatoms. The minimum Gasteiger partial charge on any atom is -0.383 e. The average molecular weight is 604 g/mol. The Hall–Kier alpha value is -3.53. The molecule has 0 saturated heterocycles. The molecule has 8 nitrogen and oxygen atoms in total. The van der Waals surface area contributed by atoms with Crippen molar-refractivity contribution in [2.24, 2.45) is 5.41 Å². The highest BCUT2D eigenvalue weighted by atomic mass is 35.5. The number of benzene rings is 2. The molecular formula is C27H27BCl2F3N7O. The standard InChI is InChI=1S/C27H27BCl2F3N7O/c1-25(2,3)14-36-23-15(10-34)11-35-24-17(23)8-16(9-20(24)30)37-26(28,18-6-4-5-7-19(18)29)21-12-40(39-38-21)13-22(41)27(31,32)33/h4-9,11-12,22,37,41H,13-14,28H2,1-3H3,(H,35,36). The zero-order valence-electron chi connectivity index (χ0n) is 22.7. The molecule has 0 aliphatic heterocycles. The van der Waals surface area contributed by atoms with Gasteiger partial charge in [-0.3, -0.25) is 4.98 Å². The summed E-state index contributed by atoms with van der Waals surface area (Å²) in [7, 11) is 1.75. The number of nitriles is 1. The summed E-state index contributed by atoms with van der Waals surface area (Å²) in [5.41, 5.74) is 1.42. The lowest BCUT2D eigenvalue weighted by Gasteiger charge is -2.32. The lowest BCUT2D eigenvalue weighted by atomic mass is 9.69. The Balaban J connectivity index is 1.83. The number of aliphatic hydroxyl groups is 1. The number of fused-ring (bicyclic) bond motifs is 1. The molecule has 0 aliphatic rings. The van der Waals surface area contributed by atoms with Crippen molar-refractivity contribution >= 4 is 53.3 Å². The molecule has 0 amide bonds. The second-order valence-corrected chi connectivity index (χ2v) is 11.9. The number of nitrogens with zero attached hydrogens (tertiary/aromatic N) is 5. The van der Waals surface area contributed by atoms with Gasteiger partial charge >= 0.3 is 6.18 Å². The molecule has 0 aliphatic carbocycles. The van der Waals surface area contributed by atoms with Crippen LogP contribution in [0.25, 0.3) is 10.9 Å². The molecule has 3 N–H and O–H groups in total. The number of pyridine rings is 1. The first-order valence-corrected chi connectivity index (χ1v) is 13.3. The monoisotopic (exact) mass is 603 g/mol. The summed E-state index contributed by atoms with van der Waals surface area (Å²) >= 11 is 13.3. The third-order valence-corrected chi connectivity index (χ3v) is 7.05. The fourth-order valence-corrected chi connectivity index (χ4v) is 4.88. The van der Waals surface area contributed by atoms with Crippen LogP contribution in [0.4, 0.5) is 24.5 Å². The fraction of sp³-hybridized carbons (Fsp3) is 0.333. The molecule has 0 bridgehead atoms. The van der Waals surface area contributed by atoms with E-state index in [2.05, 4.69) is 52.8 Å². The first-order chi connectivity index (χ1) is 19.1. The van der Waals surface area contributed by atoms with Crippen molar-refractivity contribution in [3.8, 4) is 6.07 Å². The van der Waals surface area contributed by atoms with Crippen LogP contribution < -0.4 is 10.6 Å². The smallest absolute Gasteiger partial charge is 0.383 e. The molecule has 214 valence electrons. The van der Waals surface area contributed by atoms with Gasteiger partial charge in [-0.05, 0) is 29.2 Å². The van der Waals surface area contributed by atoms with Crippen molar-refractivity contribution in [3.05, 3.63) is 75.7 Å². The molecule has 4 rings (SSSR count). The number of halogens is 5. The summed E-state index contributed by atoms with van der Waals surface area (Å²) in [6.45, 7) is 5.92. The largest absolute Gasteiger partial charge is 0.416 e. The number of hydrogen-bond donors (Lipinski definition) is 3. The number of aromatic nitrogens is 4. The highest BCUT2D eigenvalue weighted by Gasteiger charge is 2.39. The Morgan fingerprint density at radius 2 is 1.85 bits per heavy atom. The van der Waals surface area contributed by atoms with Gasteiger partial charge in [0.1, 0.15) is 19.6 Å². The predicted octanol–water partition coefficient (Wildman–Crippen LogP) is 5.33. The zero-order chi connectivity index (χ0) is 30.2. The summed E-state index contributed by atoms with van der Waals surface area (Å²) in [5.74, 6) is 0. The summed E-state index contributed by atoms with van der Waals surface area (Å²) in [4.78, 5) is 4.39. The van der Waals surface area contributed by atoms with Gasteiger partial charge in [0.25, 0.3) is 0 Å². The van der Waals surface area contributed by atoms with Crippen molar-refractivity contribution in [1.29, 1.82) is 5.26 Å². The van der Waals surface area contributed by atoms with Crippen LogP contribution in [0.1, 0.15) is 37.6 Å². The van der Waals surface area contributed by atoms with E-state index in [1.54, 1.807) is 44.2 Å². The van der Waals surface area contributed by atoms with E-state index in [1.165, 1.54) is 12.4 Å². The maximum absolute atomic E-state index is 13.0. The van der Waals surface area contributed by atoms with Crippen LogP contribution in [0.15, 0.2) is 48.8 Å². The van der Waals surface area contributed by atoms with Gasteiger partial charge in [-0.25, -0.2) is 4.68 Å². The Labute approximate surface area is 245 Å². The van der Waals surface area contributed by atoms with Crippen LogP contribution in [0.2, 0.25) is 10.0 Å². The maximum Gasteiger partial charge on any atom is 0.416 e. The van der Waals surface area contributed by atoms with Crippen LogP contribution in [0.3, 0.4) is 0 Å². The second-order valence-electron chi connectivity index (χ2n) is 11.0. The van der Waals surface area contributed by atoms with Crippen LogP contribution in [-0.4, -0.2) is 51.8 Å². The number of anilines is 2. The van der Waals surface area contributed by atoms with E-state index in [4.69, 9.17) is 23.2 Å². The number of hydrogen-bond acceptors (Lipinski definition) is 7. The molecule has 4 aromatic rings. The highest BCUT2D eigenvalue weighted by molar-refractivity contribution is 6.36. The summed E-state index contributed by atoms with van der Waals surface area (Å²) in [5, 5.41) is 35.3. The third kappa shape index (κ3) is 6.69. The fourth-order valence-electron chi connectivity index (χ4n) is 4.28. The topological polar surface area (TPSA) is 112 Å². The molecule has 2 unspecified atom stereocenters. The normalized spacial score (nSPS) is 14.3.